The molecule has 2 amide bonds. The zero-order valence-corrected chi connectivity index (χ0v) is 27.0. The molecule has 0 saturated heterocycles. The van der Waals surface area contributed by atoms with Crippen molar-refractivity contribution in [1.82, 2.24) is 21.3 Å². The van der Waals surface area contributed by atoms with Crippen molar-refractivity contribution < 1.29 is 9.59 Å². The van der Waals surface area contributed by atoms with Gasteiger partial charge in [0.25, 0.3) is 0 Å². The van der Waals surface area contributed by atoms with E-state index >= 15 is 0 Å². The van der Waals surface area contributed by atoms with Crippen LogP contribution in [-0.2, 0) is 9.59 Å². The SMILES string of the molecule is CCCCCCCCCCCC(=O)NCCNCCCCCCNCCNC(=O)CCCCCCCCCCC. The fourth-order valence-corrected chi connectivity index (χ4v) is 5.05. The highest BCUT2D eigenvalue weighted by atomic mass is 16.2. The summed E-state index contributed by atoms with van der Waals surface area (Å²) in [6.07, 6.45) is 29.4. The largest absolute Gasteiger partial charge is 0.355 e. The minimum absolute atomic E-state index is 0.204. The minimum atomic E-state index is 0.204. The van der Waals surface area contributed by atoms with E-state index in [9.17, 15) is 9.59 Å². The molecular weight excluding hydrogens is 496 g/mol. The first kappa shape index (κ1) is 38.9. The average Bonchev–Trinajstić information content (AvgIpc) is 2.95. The molecule has 0 saturated carbocycles. The van der Waals surface area contributed by atoms with Crippen LogP contribution < -0.4 is 21.3 Å². The lowest BCUT2D eigenvalue weighted by Gasteiger charge is -2.08. The third-order valence-electron chi connectivity index (χ3n) is 7.72. The Hall–Kier alpha value is -1.14. The van der Waals surface area contributed by atoms with Gasteiger partial charge in [-0.3, -0.25) is 9.59 Å². The van der Waals surface area contributed by atoms with Crippen molar-refractivity contribution >= 4 is 11.8 Å². The van der Waals surface area contributed by atoms with Crippen LogP contribution in [0.2, 0.25) is 0 Å². The van der Waals surface area contributed by atoms with Crippen LogP contribution in [0.5, 0.6) is 0 Å². The van der Waals surface area contributed by atoms with Crippen LogP contribution in [0.3, 0.4) is 0 Å². The number of rotatable bonds is 33. The van der Waals surface area contributed by atoms with E-state index in [1.807, 2.05) is 0 Å². The summed E-state index contributed by atoms with van der Waals surface area (Å²) in [6.45, 7) is 9.74. The second kappa shape index (κ2) is 34.1. The smallest absolute Gasteiger partial charge is 0.220 e. The Bertz CT molecular complexity index is 484. The maximum atomic E-state index is 11.9. The molecule has 6 heteroatoms. The Morgan fingerprint density at radius 2 is 0.650 bits per heavy atom. The first-order valence-corrected chi connectivity index (χ1v) is 17.7. The molecule has 0 aliphatic carbocycles. The molecular formula is C34H70N4O2. The summed E-state index contributed by atoms with van der Waals surface area (Å²) in [7, 11) is 0. The second-order valence-corrected chi connectivity index (χ2v) is 11.8. The van der Waals surface area contributed by atoms with Crippen LogP contribution in [0.1, 0.15) is 168 Å². The van der Waals surface area contributed by atoms with E-state index < -0.39 is 0 Å². The zero-order chi connectivity index (χ0) is 29.2. The molecule has 0 heterocycles. The molecule has 0 rings (SSSR count). The van der Waals surface area contributed by atoms with Crippen LogP contribution in [0, 0.1) is 0 Å². The first-order valence-electron chi connectivity index (χ1n) is 17.7. The summed E-state index contributed by atoms with van der Waals surface area (Å²) in [5, 5.41) is 13.0. The van der Waals surface area contributed by atoms with E-state index in [0.29, 0.717) is 12.8 Å². The number of carbonyl (C=O) groups excluding carboxylic acids is 2. The van der Waals surface area contributed by atoms with Crippen LogP contribution in [0.4, 0.5) is 0 Å². The molecule has 0 radical (unpaired) electrons. The number of hydrogen-bond acceptors (Lipinski definition) is 4. The molecule has 0 spiro atoms. The fourth-order valence-electron chi connectivity index (χ4n) is 5.05. The quantitative estimate of drug-likeness (QED) is 0.0611. The molecule has 4 N–H and O–H groups in total. The number of amides is 2. The van der Waals surface area contributed by atoms with Crippen molar-refractivity contribution in [3.8, 4) is 0 Å². The summed E-state index contributed by atoms with van der Waals surface area (Å²) in [4.78, 5) is 23.8. The standard InChI is InChI=1S/C34H70N4O2/c1-3-5-7-9-11-13-15-17-21-25-33(39)37-31-29-35-27-23-19-20-24-28-36-30-32-38-34(40)26-22-18-16-14-12-10-8-6-4-2/h35-36H,3-32H2,1-2H3,(H,37,39)(H,38,40). The van der Waals surface area contributed by atoms with Crippen molar-refractivity contribution in [1.29, 1.82) is 0 Å². The van der Waals surface area contributed by atoms with E-state index in [1.54, 1.807) is 0 Å². The van der Waals surface area contributed by atoms with Crippen LogP contribution in [-0.4, -0.2) is 51.1 Å². The van der Waals surface area contributed by atoms with E-state index in [-0.39, 0.29) is 11.8 Å². The molecule has 40 heavy (non-hydrogen) atoms. The summed E-state index contributed by atoms with van der Waals surface area (Å²) >= 11 is 0. The number of nitrogens with one attached hydrogen (secondary N) is 4. The van der Waals surface area contributed by atoms with Gasteiger partial charge in [0.05, 0.1) is 0 Å². The van der Waals surface area contributed by atoms with E-state index in [4.69, 9.17) is 0 Å². The van der Waals surface area contributed by atoms with Crippen molar-refractivity contribution in [3.05, 3.63) is 0 Å². The number of hydrogen-bond donors (Lipinski definition) is 4. The second-order valence-electron chi connectivity index (χ2n) is 11.8. The van der Waals surface area contributed by atoms with E-state index in [0.717, 1.165) is 52.1 Å². The molecule has 0 aliphatic rings. The Morgan fingerprint density at radius 3 is 1.00 bits per heavy atom. The van der Waals surface area contributed by atoms with Crippen molar-refractivity contribution in [2.45, 2.75) is 168 Å². The van der Waals surface area contributed by atoms with Crippen molar-refractivity contribution in [3.63, 3.8) is 0 Å². The van der Waals surface area contributed by atoms with Gasteiger partial charge in [0, 0.05) is 39.0 Å². The van der Waals surface area contributed by atoms with Gasteiger partial charge in [-0.2, -0.15) is 0 Å². The predicted octanol–water partition coefficient (Wildman–Crippen LogP) is 7.80. The highest BCUT2D eigenvalue weighted by molar-refractivity contribution is 5.76. The summed E-state index contributed by atoms with van der Waals surface area (Å²) < 4.78 is 0. The van der Waals surface area contributed by atoms with Gasteiger partial charge in [-0.05, 0) is 38.8 Å². The van der Waals surface area contributed by atoms with Gasteiger partial charge in [0.2, 0.25) is 11.8 Å². The third-order valence-corrected chi connectivity index (χ3v) is 7.72. The van der Waals surface area contributed by atoms with Crippen LogP contribution in [0.15, 0.2) is 0 Å². The molecule has 0 aromatic rings. The highest BCUT2D eigenvalue weighted by Crippen LogP contribution is 2.11. The molecule has 0 bridgehead atoms. The zero-order valence-electron chi connectivity index (χ0n) is 27.0. The van der Waals surface area contributed by atoms with Gasteiger partial charge < -0.3 is 21.3 Å². The Labute approximate surface area is 249 Å². The minimum Gasteiger partial charge on any atom is -0.355 e. The Balaban J connectivity index is 3.21. The summed E-state index contributed by atoms with van der Waals surface area (Å²) in [5.41, 5.74) is 0. The topological polar surface area (TPSA) is 82.3 Å². The summed E-state index contributed by atoms with van der Waals surface area (Å²) in [5.74, 6) is 0.409. The maximum absolute atomic E-state index is 11.9. The van der Waals surface area contributed by atoms with Gasteiger partial charge >= 0.3 is 0 Å². The number of unbranched alkanes of at least 4 members (excludes halogenated alkanes) is 19. The molecule has 0 aliphatic heterocycles. The lowest BCUT2D eigenvalue weighted by molar-refractivity contribution is -0.122. The molecule has 0 aromatic carbocycles. The molecule has 0 unspecified atom stereocenters. The highest BCUT2D eigenvalue weighted by Gasteiger charge is 2.02. The normalized spacial score (nSPS) is 11.2. The lowest BCUT2D eigenvalue weighted by Crippen LogP contribution is -2.32. The van der Waals surface area contributed by atoms with Crippen molar-refractivity contribution in [2.24, 2.45) is 0 Å². The summed E-state index contributed by atoms with van der Waals surface area (Å²) in [6, 6.07) is 0. The van der Waals surface area contributed by atoms with Gasteiger partial charge in [-0.15, -0.1) is 0 Å². The number of carbonyl (C=O) groups is 2. The molecule has 0 fully saturated rings. The van der Waals surface area contributed by atoms with Crippen LogP contribution in [0.25, 0.3) is 0 Å². The predicted molar refractivity (Wildman–Crippen MR) is 174 cm³/mol. The van der Waals surface area contributed by atoms with Crippen LogP contribution >= 0.6 is 0 Å². The average molecular weight is 567 g/mol. The maximum Gasteiger partial charge on any atom is 0.220 e. The molecule has 6 nitrogen and oxygen atoms in total. The molecule has 238 valence electrons. The van der Waals surface area contributed by atoms with E-state index in [1.165, 1.54) is 128 Å². The first-order chi connectivity index (χ1) is 19.7. The monoisotopic (exact) mass is 567 g/mol. The van der Waals surface area contributed by atoms with E-state index in [2.05, 4.69) is 35.1 Å². The van der Waals surface area contributed by atoms with Gasteiger partial charge in [-0.25, -0.2) is 0 Å². The molecule has 0 aromatic heterocycles. The Kier molecular flexibility index (Phi) is 33.1. The van der Waals surface area contributed by atoms with Gasteiger partial charge in [0.1, 0.15) is 0 Å². The van der Waals surface area contributed by atoms with Crippen molar-refractivity contribution in [2.75, 3.05) is 39.3 Å². The van der Waals surface area contributed by atoms with Gasteiger partial charge in [0.15, 0.2) is 0 Å². The third kappa shape index (κ3) is 33.1. The molecule has 0 atom stereocenters. The van der Waals surface area contributed by atoms with Gasteiger partial charge in [-0.1, -0.05) is 129 Å². The fraction of sp³-hybridized carbons (Fsp3) is 0.941. The lowest BCUT2D eigenvalue weighted by atomic mass is 10.1. The Morgan fingerprint density at radius 1 is 0.350 bits per heavy atom.